The number of esters is 1. The highest BCUT2D eigenvalue weighted by molar-refractivity contribution is 5.96. The van der Waals surface area contributed by atoms with Crippen molar-refractivity contribution in [3.63, 3.8) is 0 Å². The lowest BCUT2D eigenvalue weighted by molar-refractivity contribution is 0.0602. The van der Waals surface area contributed by atoms with Gasteiger partial charge >= 0.3 is 5.97 Å². The van der Waals surface area contributed by atoms with Crippen molar-refractivity contribution in [2.45, 2.75) is 6.92 Å². The average Bonchev–Trinajstić information content (AvgIpc) is 2.42. The van der Waals surface area contributed by atoms with Crippen molar-refractivity contribution in [2.75, 3.05) is 18.2 Å². The van der Waals surface area contributed by atoms with Crippen molar-refractivity contribution in [1.29, 1.82) is 0 Å². The third-order valence-electron chi connectivity index (χ3n) is 2.65. The van der Waals surface area contributed by atoms with Gasteiger partial charge in [0.05, 0.1) is 24.0 Å². The number of para-hydroxylation sites is 1. The number of nitrogens with zero attached hydrogens (tertiary/aromatic N) is 1. The summed E-state index contributed by atoms with van der Waals surface area (Å²) in [5, 5.41) is 3.06. The molecule has 0 spiro atoms. The van der Waals surface area contributed by atoms with E-state index in [0.29, 0.717) is 22.8 Å². The largest absolute Gasteiger partial charge is 0.465 e. The minimum Gasteiger partial charge on any atom is -0.465 e. The number of ether oxygens (including phenoxy) is 1. The molecular weight excluding hydrogens is 242 g/mol. The maximum atomic E-state index is 11.7. The second-order valence-corrected chi connectivity index (χ2v) is 4.05. The molecule has 5 heteroatoms. The summed E-state index contributed by atoms with van der Waals surface area (Å²) in [6.07, 6.45) is 0. The van der Waals surface area contributed by atoms with E-state index in [1.165, 1.54) is 7.11 Å². The number of carbonyl (C=O) groups is 1. The minimum atomic E-state index is -0.408. The zero-order valence-corrected chi connectivity index (χ0v) is 10.8. The van der Waals surface area contributed by atoms with Crippen LogP contribution in [0.4, 0.5) is 17.2 Å². The summed E-state index contributed by atoms with van der Waals surface area (Å²) in [5.74, 6) is 0.116. The first-order chi connectivity index (χ1) is 9.11. The molecule has 98 valence electrons. The van der Waals surface area contributed by atoms with Crippen LogP contribution in [0.1, 0.15) is 16.1 Å². The van der Waals surface area contributed by atoms with Gasteiger partial charge < -0.3 is 15.8 Å². The van der Waals surface area contributed by atoms with Crippen LogP contribution >= 0.6 is 0 Å². The van der Waals surface area contributed by atoms with Gasteiger partial charge in [0, 0.05) is 5.69 Å². The summed E-state index contributed by atoms with van der Waals surface area (Å²) >= 11 is 0. The molecule has 0 fully saturated rings. The first-order valence-electron chi connectivity index (χ1n) is 5.79. The predicted molar refractivity (Wildman–Crippen MR) is 74.5 cm³/mol. The van der Waals surface area contributed by atoms with E-state index in [1.807, 2.05) is 19.1 Å². The van der Waals surface area contributed by atoms with E-state index in [1.54, 1.807) is 24.3 Å². The van der Waals surface area contributed by atoms with E-state index in [2.05, 4.69) is 10.3 Å². The molecule has 5 nitrogen and oxygen atoms in total. The number of carbonyl (C=O) groups excluding carboxylic acids is 1. The van der Waals surface area contributed by atoms with Crippen LogP contribution in [0.15, 0.2) is 36.4 Å². The Morgan fingerprint density at radius 3 is 2.74 bits per heavy atom. The highest BCUT2D eigenvalue weighted by Crippen LogP contribution is 2.24. The van der Waals surface area contributed by atoms with Crippen molar-refractivity contribution in [1.82, 2.24) is 4.98 Å². The number of rotatable bonds is 3. The molecule has 0 amide bonds. The fourth-order valence-corrected chi connectivity index (χ4v) is 1.68. The summed E-state index contributed by atoms with van der Waals surface area (Å²) in [7, 11) is 1.35. The first kappa shape index (κ1) is 12.9. The molecular formula is C14H15N3O2. The molecule has 1 aromatic heterocycles. The fourth-order valence-electron chi connectivity index (χ4n) is 1.68. The van der Waals surface area contributed by atoms with Gasteiger partial charge in [-0.3, -0.25) is 0 Å². The highest BCUT2D eigenvalue weighted by Gasteiger charge is 2.12. The zero-order valence-electron chi connectivity index (χ0n) is 10.8. The monoisotopic (exact) mass is 257 g/mol. The van der Waals surface area contributed by atoms with Crippen LogP contribution in [0.25, 0.3) is 0 Å². The molecule has 2 aromatic rings. The molecule has 0 saturated heterocycles. The van der Waals surface area contributed by atoms with Crippen molar-refractivity contribution in [3.8, 4) is 0 Å². The maximum absolute atomic E-state index is 11.7. The van der Waals surface area contributed by atoms with Crippen LogP contribution in [0.5, 0.6) is 0 Å². The number of aromatic nitrogens is 1. The van der Waals surface area contributed by atoms with E-state index in [4.69, 9.17) is 10.5 Å². The Balaban J connectivity index is 2.38. The molecule has 0 aliphatic heterocycles. The average molecular weight is 257 g/mol. The smallest absolute Gasteiger partial charge is 0.339 e. The molecule has 0 bridgehead atoms. The van der Waals surface area contributed by atoms with E-state index in [-0.39, 0.29) is 0 Å². The van der Waals surface area contributed by atoms with E-state index in [0.717, 1.165) is 5.69 Å². The maximum Gasteiger partial charge on any atom is 0.339 e. The molecule has 0 unspecified atom stereocenters. The van der Waals surface area contributed by atoms with Gasteiger partial charge in [0.1, 0.15) is 0 Å². The van der Waals surface area contributed by atoms with Crippen molar-refractivity contribution < 1.29 is 9.53 Å². The predicted octanol–water partition coefficient (Wildman–Crippen LogP) is 2.50. The SMILES string of the molecule is COC(=O)c1ccccc1Nc1nc(C)ccc1N. The van der Waals surface area contributed by atoms with Crippen LogP contribution in [0.3, 0.4) is 0 Å². The first-order valence-corrected chi connectivity index (χ1v) is 5.79. The Morgan fingerprint density at radius 1 is 1.26 bits per heavy atom. The molecule has 0 aliphatic carbocycles. The van der Waals surface area contributed by atoms with Gasteiger partial charge in [-0.15, -0.1) is 0 Å². The Hall–Kier alpha value is -2.56. The molecule has 1 aromatic carbocycles. The Kier molecular flexibility index (Phi) is 3.66. The third-order valence-corrected chi connectivity index (χ3v) is 2.65. The molecule has 1 heterocycles. The molecule has 0 atom stereocenters. The normalized spacial score (nSPS) is 10.0. The van der Waals surface area contributed by atoms with Crippen LogP contribution in [0.2, 0.25) is 0 Å². The molecule has 0 aliphatic rings. The highest BCUT2D eigenvalue weighted by atomic mass is 16.5. The number of methoxy groups -OCH3 is 1. The third kappa shape index (κ3) is 2.82. The topological polar surface area (TPSA) is 77.2 Å². The number of nitrogens with two attached hydrogens (primary N) is 1. The van der Waals surface area contributed by atoms with Gasteiger partial charge in [-0.25, -0.2) is 9.78 Å². The van der Waals surface area contributed by atoms with Crippen molar-refractivity contribution in [3.05, 3.63) is 47.7 Å². The summed E-state index contributed by atoms with van der Waals surface area (Å²) < 4.78 is 4.74. The number of anilines is 3. The number of pyridine rings is 1. The van der Waals surface area contributed by atoms with Gasteiger partial charge in [0.25, 0.3) is 0 Å². The number of nitrogen functional groups attached to an aromatic ring is 1. The van der Waals surface area contributed by atoms with Gasteiger partial charge in [-0.05, 0) is 31.2 Å². The molecule has 19 heavy (non-hydrogen) atoms. The quantitative estimate of drug-likeness (QED) is 0.826. The van der Waals surface area contributed by atoms with Crippen LogP contribution < -0.4 is 11.1 Å². The van der Waals surface area contributed by atoms with Gasteiger partial charge in [-0.2, -0.15) is 0 Å². The van der Waals surface area contributed by atoms with E-state index >= 15 is 0 Å². The lowest BCUT2D eigenvalue weighted by Crippen LogP contribution is -2.07. The summed E-state index contributed by atoms with van der Waals surface area (Å²) in [6, 6.07) is 10.6. The standard InChI is InChI=1S/C14H15N3O2/c1-9-7-8-11(15)13(16-9)17-12-6-4-3-5-10(12)14(18)19-2/h3-8H,15H2,1-2H3,(H,16,17). The summed E-state index contributed by atoms with van der Waals surface area (Å²) in [4.78, 5) is 16.0. The Labute approximate surface area is 111 Å². The molecule has 0 saturated carbocycles. The van der Waals surface area contributed by atoms with Crippen LogP contribution in [0, 0.1) is 6.92 Å². The molecule has 3 N–H and O–H groups in total. The zero-order chi connectivity index (χ0) is 13.8. The van der Waals surface area contributed by atoms with E-state index < -0.39 is 5.97 Å². The number of nitrogens with one attached hydrogen (secondary N) is 1. The lowest BCUT2D eigenvalue weighted by atomic mass is 10.1. The van der Waals surface area contributed by atoms with Crippen LogP contribution in [-0.2, 0) is 4.74 Å². The molecule has 0 radical (unpaired) electrons. The van der Waals surface area contributed by atoms with E-state index in [9.17, 15) is 4.79 Å². The number of aryl methyl sites for hydroxylation is 1. The van der Waals surface area contributed by atoms with Crippen molar-refractivity contribution in [2.24, 2.45) is 0 Å². The van der Waals surface area contributed by atoms with Gasteiger partial charge in [0.15, 0.2) is 5.82 Å². The van der Waals surface area contributed by atoms with Gasteiger partial charge in [0.2, 0.25) is 0 Å². The second-order valence-electron chi connectivity index (χ2n) is 4.05. The number of benzene rings is 1. The fraction of sp³-hybridized carbons (Fsp3) is 0.143. The van der Waals surface area contributed by atoms with Crippen LogP contribution in [-0.4, -0.2) is 18.1 Å². The number of hydrogen-bond donors (Lipinski definition) is 2. The lowest BCUT2D eigenvalue weighted by Gasteiger charge is -2.12. The summed E-state index contributed by atoms with van der Waals surface area (Å²) in [6.45, 7) is 1.87. The van der Waals surface area contributed by atoms with Crippen molar-refractivity contribution >= 4 is 23.2 Å². The minimum absolute atomic E-state index is 0.408. The number of hydrogen-bond acceptors (Lipinski definition) is 5. The van der Waals surface area contributed by atoms with Gasteiger partial charge in [-0.1, -0.05) is 12.1 Å². The summed E-state index contributed by atoms with van der Waals surface area (Å²) in [5.41, 5.74) is 8.26. The second kappa shape index (κ2) is 5.39. The Morgan fingerprint density at radius 2 is 2.00 bits per heavy atom. The molecule has 2 rings (SSSR count). The Bertz CT molecular complexity index is 611.